The van der Waals surface area contributed by atoms with Crippen LogP contribution in [0.4, 0.5) is 16.2 Å². The van der Waals surface area contributed by atoms with E-state index in [2.05, 4.69) is 5.32 Å². The van der Waals surface area contributed by atoms with Crippen molar-refractivity contribution < 1.29 is 4.79 Å². The van der Waals surface area contributed by atoms with Gasteiger partial charge in [-0.15, -0.1) is 11.3 Å². The first-order chi connectivity index (χ1) is 8.65. The Morgan fingerprint density at radius 3 is 2.89 bits per heavy atom. The Labute approximate surface area is 110 Å². The van der Waals surface area contributed by atoms with Gasteiger partial charge < -0.3 is 16.0 Å². The summed E-state index contributed by atoms with van der Waals surface area (Å²) in [5, 5.41) is 4.81. The van der Waals surface area contributed by atoms with E-state index in [0.29, 0.717) is 17.9 Å². The second kappa shape index (κ2) is 5.55. The summed E-state index contributed by atoms with van der Waals surface area (Å²) in [5.41, 5.74) is 7.00. The van der Waals surface area contributed by atoms with E-state index in [1.165, 1.54) is 0 Å². The standard InChI is InChI=1S/C13H15N3OS/c1-16(9-12-6-3-7-18-12)13(17)15-11-5-2-4-10(14)8-11/h2-8H,9,14H2,1H3,(H,15,17). The molecule has 0 saturated carbocycles. The molecule has 0 aliphatic heterocycles. The Balaban J connectivity index is 1.95. The minimum absolute atomic E-state index is 0.144. The number of carbonyl (C=O) groups is 1. The van der Waals surface area contributed by atoms with Crippen molar-refractivity contribution in [3.8, 4) is 0 Å². The number of nitrogen functional groups attached to an aromatic ring is 1. The molecule has 18 heavy (non-hydrogen) atoms. The first-order valence-corrected chi connectivity index (χ1v) is 6.43. The van der Waals surface area contributed by atoms with Crippen LogP contribution < -0.4 is 11.1 Å². The van der Waals surface area contributed by atoms with E-state index in [0.717, 1.165) is 4.88 Å². The lowest BCUT2D eigenvalue weighted by Crippen LogP contribution is -2.30. The van der Waals surface area contributed by atoms with Gasteiger partial charge in [0.25, 0.3) is 0 Å². The van der Waals surface area contributed by atoms with Crippen LogP contribution in [0.1, 0.15) is 4.88 Å². The van der Waals surface area contributed by atoms with E-state index in [-0.39, 0.29) is 6.03 Å². The van der Waals surface area contributed by atoms with Crippen LogP contribution in [0.2, 0.25) is 0 Å². The fourth-order valence-electron chi connectivity index (χ4n) is 1.54. The summed E-state index contributed by atoms with van der Waals surface area (Å²) in [6.45, 7) is 0.603. The molecular weight excluding hydrogens is 246 g/mol. The van der Waals surface area contributed by atoms with Crippen LogP contribution in [0.15, 0.2) is 41.8 Å². The zero-order valence-corrected chi connectivity index (χ0v) is 10.9. The third-order valence-electron chi connectivity index (χ3n) is 2.46. The number of hydrogen-bond donors (Lipinski definition) is 2. The normalized spacial score (nSPS) is 10.1. The number of nitrogens with zero attached hydrogens (tertiary/aromatic N) is 1. The molecule has 0 fully saturated rings. The largest absolute Gasteiger partial charge is 0.399 e. The molecule has 0 spiro atoms. The van der Waals surface area contributed by atoms with E-state index in [1.807, 2.05) is 29.6 Å². The highest BCUT2D eigenvalue weighted by Gasteiger charge is 2.09. The van der Waals surface area contributed by atoms with Crippen LogP contribution >= 0.6 is 11.3 Å². The van der Waals surface area contributed by atoms with Gasteiger partial charge in [-0.2, -0.15) is 0 Å². The van der Waals surface area contributed by atoms with Gasteiger partial charge in [0, 0.05) is 23.3 Å². The van der Waals surface area contributed by atoms with Crippen LogP contribution in [0.25, 0.3) is 0 Å². The summed E-state index contributed by atoms with van der Waals surface area (Å²) in [6.07, 6.45) is 0. The van der Waals surface area contributed by atoms with Gasteiger partial charge in [0.2, 0.25) is 0 Å². The summed E-state index contributed by atoms with van der Waals surface area (Å²) < 4.78 is 0. The number of nitrogens with one attached hydrogen (secondary N) is 1. The van der Waals surface area contributed by atoms with Crippen LogP contribution in [0.3, 0.4) is 0 Å². The number of amides is 2. The second-order valence-electron chi connectivity index (χ2n) is 3.99. The number of nitrogens with two attached hydrogens (primary N) is 1. The molecule has 0 aliphatic rings. The average Bonchev–Trinajstić information content (AvgIpc) is 2.81. The van der Waals surface area contributed by atoms with Gasteiger partial charge in [0.05, 0.1) is 6.54 Å². The van der Waals surface area contributed by atoms with E-state index < -0.39 is 0 Å². The van der Waals surface area contributed by atoms with Gasteiger partial charge >= 0.3 is 6.03 Å². The van der Waals surface area contributed by atoms with E-state index in [9.17, 15) is 4.79 Å². The fourth-order valence-corrected chi connectivity index (χ4v) is 2.30. The number of anilines is 2. The summed E-state index contributed by atoms with van der Waals surface area (Å²) in [7, 11) is 1.77. The van der Waals surface area contributed by atoms with Crippen molar-refractivity contribution in [3.63, 3.8) is 0 Å². The second-order valence-corrected chi connectivity index (χ2v) is 5.02. The lowest BCUT2D eigenvalue weighted by atomic mass is 10.3. The van der Waals surface area contributed by atoms with Crippen molar-refractivity contribution in [3.05, 3.63) is 46.7 Å². The maximum Gasteiger partial charge on any atom is 0.321 e. The van der Waals surface area contributed by atoms with Crippen LogP contribution in [-0.4, -0.2) is 18.0 Å². The zero-order valence-electron chi connectivity index (χ0n) is 10.1. The lowest BCUT2D eigenvalue weighted by molar-refractivity contribution is 0.221. The predicted molar refractivity (Wildman–Crippen MR) is 75.7 cm³/mol. The molecule has 1 heterocycles. The van der Waals surface area contributed by atoms with Crippen molar-refractivity contribution in [2.45, 2.75) is 6.54 Å². The smallest absolute Gasteiger partial charge is 0.321 e. The summed E-state index contributed by atoms with van der Waals surface area (Å²) in [5.74, 6) is 0. The molecule has 1 aromatic heterocycles. The van der Waals surface area contributed by atoms with Gasteiger partial charge in [-0.05, 0) is 29.6 Å². The minimum Gasteiger partial charge on any atom is -0.399 e. The zero-order chi connectivity index (χ0) is 13.0. The van der Waals surface area contributed by atoms with Crippen molar-refractivity contribution in [1.82, 2.24) is 4.90 Å². The molecule has 2 amide bonds. The molecule has 0 atom stereocenters. The summed E-state index contributed by atoms with van der Waals surface area (Å²) in [6, 6.07) is 11.0. The molecule has 0 unspecified atom stereocenters. The Morgan fingerprint density at radius 1 is 1.39 bits per heavy atom. The Hall–Kier alpha value is -2.01. The SMILES string of the molecule is CN(Cc1cccs1)C(=O)Nc1cccc(N)c1. The molecule has 0 radical (unpaired) electrons. The summed E-state index contributed by atoms with van der Waals surface area (Å²) >= 11 is 1.64. The van der Waals surface area contributed by atoms with Crippen LogP contribution in [0, 0.1) is 0 Å². The molecule has 94 valence electrons. The molecule has 4 nitrogen and oxygen atoms in total. The predicted octanol–water partition coefficient (Wildman–Crippen LogP) is 2.99. The minimum atomic E-state index is -0.144. The molecular formula is C13H15N3OS. The quantitative estimate of drug-likeness (QED) is 0.834. The van der Waals surface area contributed by atoms with Gasteiger partial charge in [0.15, 0.2) is 0 Å². The van der Waals surface area contributed by atoms with Crippen molar-refractivity contribution in [2.24, 2.45) is 0 Å². The summed E-state index contributed by atoms with van der Waals surface area (Å²) in [4.78, 5) is 14.7. The van der Waals surface area contributed by atoms with Crippen molar-refractivity contribution in [2.75, 3.05) is 18.1 Å². The Morgan fingerprint density at radius 2 is 2.22 bits per heavy atom. The monoisotopic (exact) mass is 261 g/mol. The topological polar surface area (TPSA) is 58.4 Å². The first kappa shape index (κ1) is 12.4. The maximum atomic E-state index is 11.9. The Kier molecular flexibility index (Phi) is 3.84. The highest BCUT2D eigenvalue weighted by Crippen LogP contribution is 2.14. The van der Waals surface area contributed by atoms with Crippen LogP contribution in [-0.2, 0) is 6.54 Å². The number of thiophene rings is 1. The van der Waals surface area contributed by atoms with E-state index in [4.69, 9.17) is 5.73 Å². The number of rotatable bonds is 3. The van der Waals surface area contributed by atoms with Crippen molar-refractivity contribution >= 4 is 28.7 Å². The maximum absolute atomic E-state index is 11.9. The van der Waals surface area contributed by atoms with E-state index >= 15 is 0 Å². The molecule has 2 aromatic rings. The third kappa shape index (κ3) is 3.24. The molecule has 0 saturated heterocycles. The van der Waals surface area contributed by atoms with E-state index in [1.54, 1.807) is 35.4 Å². The van der Waals surface area contributed by atoms with Gasteiger partial charge in [-0.1, -0.05) is 12.1 Å². The lowest BCUT2D eigenvalue weighted by Gasteiger charge is -2.17. The van der Waals surface area contributed by atoms with Gasteiger partial charge in [-0.25, -0.2) is 4.79 Å². The number of benzene rings is 1. The molecule has 0 bridgehead atoms. The highest BCUT2D eigenvalue weighted by molar-refractivity contribution is 7.09. The van der Waals surface area contributed by atoms with Gasteiger partial charge in [-0.3, -0.25) is 0 Å². The average molecular weight is 261 g/mol. The fraction of sp³-hybridized carbons (Fsp3) is 0.154. The Bertz CT molecular complexity index is 525. The number of urea groups is 1. The third-order valence-corrected chi connectivity index (χ3v) is 3.32. The number of carbonyl (C=O) groups excluding carboxylic acids is 1. The molecule has 3 N–H and O–H groups in total. The van der Waals surface area contributed by atoms with Crippen LogP contribution in [0.5, 0.6) is 0 Å². The molecule has 2 rings (SSSR count). The highest BCUT2D eigenvalue weighted by atomic mass is 32.1. The molecule has 1 aromatic carbocycles. The molecule has 5 heteroatoms. The van der Waals surface area contributed by atoms with Crippen molar-refractivity contribution in [1.29, 1.82) is 0 Å². The molecule has 0 aliphatic carbocycles. The number of hydrogen-bond acceptors (Lipinski definition) is 3. The van der Waals surface area contributed by atoms with Gasteiger partial charge in [0.1, 0.15) is 0 Å². The first-order valence-electron chi connectivity index (χ1n) is 5.55.